The van der Waals surface area contributed by atoms with Crippen molar-refractivity contribution in [3.05, 3.63) is 41.4 Å². The van der Waals surface area contributed by atoms with Gasteiger partial charge in [-0.15, -0.1) is 0 Å². The van der Waals surface area contributed by atoms with E-state index in [1.54, 1.807) is 0 Å². The molecule has 0 saturated carbocycles. The molecule has 2 nitrogen and oxygen atoms in total. The first-order valence-electron chi connectivity index (χ1n) is 6.87. The van der Waals surface area contributed by atoms with Crippen molar-refractivity contribution in [1.82, 2.24) is 4.90 Å². The van der Waals surface area contributed by atoms with Gasteiger partial charge >= 0.3 is 0 Å². The van der Waals surface area contributed by atoms with Gasteiger partial charge in [0, 0.05) is 22.3 Å². The first-order valence-corrected chi connectivity index (χ1v) is 7.25. The lowest BCUT2D eigenvalue weighted by atomic mass is 10.1. The van der Waals surface area contributed by atoms with Gasteiger partial charge in [0.25, 0.3) is 0 Å². The van der Waals surface area contributed by atoms with E-state index in [2.05, 4.69) is 11.0 Å². The molecule has 1 heterocycles. The van der Waals surface area contributed by atoms with E-state index < -0.39 is 0 Å². The Kier molecular flexibility index (Phi) is 3.90. The van der Waals surface area contributed by atoms with Crippen LogP contribution < -0.4 is 4.74 Å². The van der Waals surface area contributed by atoms with Crippen molar-refractivity contribution in [3.63, 3.8) is 0 Å². The second kappa shape index (κ2) is 5.81. The zero-order valence-corrected chi connectivity index (χ0v) is 11.7. The maximum atomic E-state index is 6.20. The summed E-state index contributed by atoms with van der Waals surface area (Å²) >= 11 is 6.20. The number of ether oxygens (including phenoxy) is 1. The van der Waals surface area contributed by atoms with Crippen LogP contribution in [0.2, 0.25) is 5.02 Å². The molecule has 3 rings (SSSR count). The molecular weight excluding hydrogens is 258 g/mol. The molecule has 0 atom stereocenters. The van der Waals surface area contributed by atoms with Crippen molar-refractivity contribution in [2.24, 2.45) is 0 Å². The van der Waals surface area contributed by atoms with E-state index in [1.165, 1.54) is 25.9 Å². The third kappa shape index (κ3) is 2.85. The smallest absolute Gasteiger partial charge is 0.127 e. The summed E-state index contributed by atoms with van der Waals surface area (Å²) in [6, 6.07) is 12.0. The molecule has 100 valence electrons. The number of nitrogens with zero attached hydrogens (tertiary/aromatic N) is 1. The SMILES string of the molecule is Clc1ccc(OCCN2CCCC2)c2ccccc12. The minimum Gasteiger partial charge on any atom is -0.492 e. The second-order valence-electron chi connectivity index (χ2n) is 4.99. The summed E-state index contributed by atoms with van der Waals surface area (Å²) in [5, 5.41) is 2.93. The highest BCUT2D eigenvalue weighted by molar-refractivity contribution is 6.35. The predicted molar refractivity (Wildman–Crippen MR) is 80.1 cm³/mol. The predicted octanol–water partition coefficient (Wildman–Crippen LogP) is 3.97. The van der Waals surface area contributed by atoms with Crippen LogP contribution in [0.15, 0.2) is 36.4 Å². The van der Waals surface area contributed by atoms with Crippen LogP contribution in [-0.2, 0) is 0 Å². The molecule has 2 aromatic rings. The minimum atomic E-state index is 0.742. The Morgan fingerprint density at radius 2 is 1.74 bits per heavy atom. The maximum absolute atomic E-state index is 6.20. The summed E-state index contributed by atoms with van der Waals surface area (Å²) < 4.78 is 5.94. The molecule has 0 aromatic heterocycles. The molecule has 1 fully saturated rings. The molecule has 0 aliphatic carbocycles. The number of fused-ring (bicyclic) bond motifs is 1. The molecule has 0 amide bonds. The van der Waals surface area contributed by atoms with Crippen LogP contribution in [0.5, 0.6) is 5.75 Å². The maximum Gasteiger partial charge on any atom is 0.127 e. The van der Waals surface area contributed by atoms with Crippen LogP contribution in [0.1, 0.15) is 12.8 Å². The van der Waals surface area contributed by atoms with Gasteiger partial charge in [-0.2, -0.15) is 0 Å². The standard InChI is InChI=1S/C16H18ClNO/c17-15-7-8-16(14-6-2-1-5-13(14)15)19-12-11-18-9-3-4-10-18/h1-2,5-8H,3-4,9-12H2. The van der Waals surface area contributed by atoms with Crippen LogP contribution in [0, 0.1) is 0 Å². The fourth-order valence-electron chi connectivity index (χ4n) is 2.65. The number of benzene rings is 2. The molecule has 19 heavy (non-hydrogen) atoms. The van der Waals surface area contributed by atoms with Crippen molar-refractivity contribution in [2.45, 2.75) is 12.8 Å². The number of hydrogen-bond donors (Lipinski definition) is 0. The number of halogens is 1. The fourth-order valence-corrected chi connectivity index (χ4v) is 2.88. The van der Waals surface area contributed by atoms with E-state index >= 15 is 0 Å². The summed E-state index contributed by atoms with van der Waals surface area (Å²) in [5.74, 6) is 0.930. The summed E-state index contributed by atoms with van der Waals surface area (Å²) in [4.78, 5) is 2.46. The summed E-state index contributed by atoms with van der Waals surface area (Å²) in [5.41, 5.74) is 0. The highest BCUT2D eigenvalue weighted by Crippen LogP contribution is 2.31. The molecule has 2 aromatic carbocycles. The van der Waals surface area contributed by atoms with Crippen LogP contribution in [-0.4, -0.2) is 31.1 Å². The Morgan fingerprint density at radius 1 is 1.00 bits per heavy atom. The molecular formula is C16H18ClNO. The zero-order chi connectivity index (χ0) is 13.1. The van der Waals surface area contributed by atoms with Crippen molar-refractivity contribution < 1.29 is 4.74 Å². The van der Waals surface area contributed by atoms with Crippen LogP contribution in [0.4, 0.5) is 0 Å². The summed E-state index contributed by atoms with van der Waals surface area (Å²) in [6.07, 6.45) is 2.65. The number of likely N-dealkylation sites (tertiary alicyclic amines) is 1. The van der Waals surface area contributed by atoms with Gasteiger partial charge in [-0.05, 0) is 38.1 Å². The average Bonchev–Trinajstić information content (AvgIpc) is 2.95. The van der Waals surface area contributed by atoms with E-state index in [0.717, 1.165) is 34.7 Å². The zero-order valence-electron chi connectivity index (χ0n) is 10.9. The molecule has 0 radical (unpaired) electrons. The fraction of sp³-hybridized carbons (Fsp3) is 0.375. The Morgan fingerprint density at radius 3 is 2.53 bits per heavy atom. The van der Waals surface area contributed by atoms with Crippen LogP contribution in [0.25, 0.3) is 10.8 Å². The lowest BCUT2D eigenvalue weighted by molar-refractivity contribution is 0.239. The normalized spacial score (nSPS) is 16.1. The topological polar surface area (TPSA) is 12.5 Å². The molecule has 0 N–H and O–H groups in total. The Hall–Kier alpha value is -1.25. The molecule has 0 unspecified atom stereocenters. The quantitative estimate of drug-likeness (QED) is 0.837. The van der Waals surface area contributed by atoms with Gasteiger partial charge in [-0.25, -0.2) is 0 Å². The molecule has 0 bridgehead atoms. The van der Waals surface area contributed by atoms with Gasteiger partial charge in [-0.1, -0.05) is 35.9 Å². The first-order chi connectivity index (χ1) is 9.34. The number of rotatable bonds is 4. The average molecular weight is 276 g/mol. The third-order valence-electron chi connectivity index (χ3n) is 3.69. The highest BCUT2D eigenvalue weighted by atomic mass is 35.5. The minimum absolute atomic E-state index is 0.742. The van der Waals surface area contributed by atoms with E-state index in [-0.39, 0.29) is 0 Å². The van der Waals surface area contributed by atoms with E-state index in [4.69, 9.17) is 16.3 Å². The van der Waals surface area contributed by atoms with Crippen LogP contribution in [0.3, 0.4) is 0 Å². The van der Waals surface area contributed by atoms with Crippen LogP contribution >= 0.6 is 11.6 Å². The molecule has 0 spiro atoms. The van der Waals surface area contributed by atoms with Crippen molar-refractivity contribution >= 4 is 22.4 Å². The second-order valence-corrected chi connectivity index (χ2v) is 5.40. The highest BCUT2D eigenvalue weighted by Gasteiger charge is 2.11. The monoisotopic (exact) mass is 275 g/mol. The molecule has 1 aliphatic heterocycles. The Labute approximate surface area is 118 Å². The lowest BCUT2D eigenvalue weighted by Crippen LogP contribution is -2.25. The summed E-state index contributed by atoms with van der Waals surface area (Å²) in [6.45, 7) is 4.18. The van der Waals surface area contributed by atoms with E-state index in [1.807, 2.05) is 30.3 Å². The van der Waals surface area contributed by atoms with Gasteiger partial charge in [0.1, 0.15) is 12.4 Å². The summed E-state index contributed by atoms with van der Waals surface area (Å²) in [7, 11) is 0. The largest absolute Gasteiger partial charge is 0.492 e. The number of hydrogen-bond acceptors (Lipinski definition) is 2. The van der Waals surface area contributed by atoms with Gasteiger partial charge in [0.2, 0.25) is 0 Å². The van der Waals surface area contributed by atoms with Gasteiger partial charge in [-0.3, -0.25) is 4.90 Å². The first kappa shape index (κ1) is 12.8. The lowest BCUT2D eigenvalue weighted by Gasteiger charge is -2.16. The van der Waals surface area contributed by atoms with E-state index in [9.17, 15) is 0 Å². The van der Waals surface area contributed by atoms with Crippen molar-refractivity contribution in [2.75, 3.05) is 26.2 Å². The Bertz CT molecular complexity index is 564. The molecule has 3 heteroatoms. The van der Waals surface area contributed by atoms with Gasteiger partial charge < -0.3 is 4.74 Å². The third-order valence-corrected chi connectivity index (χ3v) is 4.02. The van der Waals surface area contributed by atoms with E-state index in [0.29, 0.717) is 0 Å². The molecule has 1 aliphatic rings. The van der Waals surface area contributed by atoms with Gasteiger partial charge in [0.15, 0.2) is 0 Å². The van der Waals surface area contributed by atoms with Gasteiger partial charge in [0.05, 0.1) is 0 Å². The Balaban J connectivity index is 1.72. The molecule has 1 saturated heterocycles. The van der Waals surface area contributed by atoms with Crippen molar-refractivity contribution in [1.29, 1.82) is 0 Å². The van der Waals surface area contributed by atoms with Crippen molar-refractivity contribution in [3.8, 4) is 5.75 Å².